The number of amides is 1. The molecule has 0 saturated carbocycles. The second-order valence-electron chi connectivity index (χ2n) is 4.31. The molecule has 0 atom stereocenters. The van der Waals surface area contributed by atoms with Gasteiger partial charge in [-0.05, 0) is 17.7 Å². The molecule has 2 aromatic rings. The molecule has 0 aliphatic heterocycles. The lowest BCUT2D eigenvalue weighted by Crippen LogP contribution is -2.17. The van der Waals surface area contributed by atoms with Crippen LogP contribution in [0.1, 0.15) is 15.9 Å². The molecule has 21 heavy (non-hydrogen) atoms. The van der Waals surface area contributed by atoms with Crippen LogP contribution < -0.4 is 5.43 Å². The minimum absolute atomic E-state index is 0.0142. The van der Waals surface area contributed by atoms with Crippen molar-refractivity contribution in [2.45, 2.75) is 6.42 Å². The van der Waals surface area contributed by atoms with E-state index in [1.54, 1.807) is 0 Å². The average Bonchev–Trinajstić information content (AvgIpc) is 2.49. The van der Waals surface area contributed by atoms with Gasteiger partial charge in [-0.25, -0.2) is 5.43 Å². The summed E-state index contributed by atoms with van der Waals surface area (Å²) in [7, 11) is 0. The minimum Gasteiger partial charge on any atom is -0.504 e. The van der Waals surface area contributed by atoms with Gasteiger partial charge in [0, 0.05) is 18.2 Å². The van der Waals surface area contributed by atoms with E-state index < -0.39 is 23.2 Å². The van der Waals surface area contributed by atoms with Crippen LogP contribution in [0.15, 0.2) is 47.6 Å². The Balaban J connectivity index is 1.96. The lowest BCUT2D eigenvalue weighted by atomic mass is 10.2. The Bertz CT molecular complexity index is 646. The van der Waals surface area contributed by atoms with Gasteiger partial charge < -0.3 is 15.3 Å². The van der Waals surface area contributed by atoms with E-state index in [2.05, 4.69) is 10.5 Å². The molecule has 0 aromatic heterocycles. The maximum Gasteiger partial charge on any atom is 0.271 e. The number of aromatic hydroxyl groups is 3. The quantitative estimate of drug-likeness (QED) is 0.391. The highest BCUT2D eigenvalue weighted by Gasteiger charge is 2.12. The van der Waals surface area contributed by atoms with Crippen LogP contribution in [0.2, 0.25) is 0 Å². The molecule has 4 N–H and O–H groups in total. The number of carbonyl (C=O) groups is 1. The highest BCUT2D eigenvalue weighted by atomic mass is 16.3. The van der Waals surface area contributed by atoms with E-state index in [-0.39, 0.29) is 5.56 Å². The lowest BCUT2D eigenvalue weighted by molar-refractivity contribution is 0.0954. The van der Waals surface area contributed by atoms with Gasteiger partial charge >= 0.3 is 0 Å². The van der Waals surface area contributed by atoms with E-state index in [0.717, 1.165) is 17.7 Å². The topological polar surface area (TPSA) is 102 Å². The number of benzene rings is 2. The zero-order valence-electron chi connectivity index (χ0n) is 11.0. The third-order valence-electron chi connectivity index (χ3n) is 2.76. The molecule has 0 unspecified atom stereocenters. The smallest absolute Gasteiger partial charge is 0.271 e. The van der Waals surface area contributed by atoms with Crippen molar-refractivity contribution in [3.05, 3.63) is 53.6 Å². The number of hydrazone groups is 1. The predicted octanol–water partition coefficient (Wildman–Crippen LogP) is 1.76. The second kappa shape index (κ2) is 6.42. The fourth-order valence-corrected chi connectivity index (χ4v) is 1.67. The average molecular weight is 286 g/mol. The van der Waals surface area contributed by atoms with Crippen molar-refractivity contribution in [1.82, 2.24) is 5.43 Å². The third-order valence-corrected chi connectivity index (χ3v) is 2.76. The van der Waals surface area contributed by atoms with Crippen molar-refractivity contribution < 1.29 is 20.1 Å². The van der Waals surface area contributed by atoms with E-state index in [0.29, 0.717) is 6.42 Å². The first kappa shape index (κ1) is 14.4. The van der Waals surface area contributed by atoms with Crippen molar-refractivity contribution >= 4 is 12.1 Å². The van der Waals surface area contributed by atoms with E-state index in [9.17, 15) is 20.1 Å². The molecule has 0 spiro atoms. The standard InChI is InChI=1S/C15H14N2O4/c18-12-8-11(9-13(19)14(12)20)15(21)17-16-7-6-10-4-2-1-3-5-10/h1-5,7-9,18-20H,6H2,(H,17,21). The molecule has 0 heterocycles. The second-order valence-corrected chi connectivity index (χ2v) is 4.31. The highest BCUT2D eigenvalue weighted by molar-refractivity contribution is 5.95. The summed E-state index contributed by atoms with van der Waals surface area (Å²) in [5, 5.41) is 31.6. The molecule has 108 valence electrons. The number of phenols is 3. The Morgan fingerprint density at radius 2 is 1.71 bits per heavy atom. The number of nitrogens with one attached hydrogen (secondary N) is 1. The molecule has 0 aliphatic rings. The SMILES string of the molecule is O=C(NN=CCc1ccccc1)c1cc(O)c(O)c(O)c1. The molecular weight excluding hydrogens is 272 g/mol. The summed E-state index contributed by atoms with van der Waals surface area (Å²) < 4.78 is 0. The molecule has 2 aromatic carbocycles. The van der Waals surface area contributed by atoms with Crippen molar-refractivity contribution in [2.75, 3.05) is 0 Å². The molecule has 1 amide bonds. The number of hydrogen-bond acceptors (Lipinski definition) is 5. The van der Waals surface area contributed by atoms with Gasteiger partial charge in [-0.3, -0.25) is 4.79 Å². The zero-order chi connectivity index (χ0) is 15.2. The number of phenolic OH excluding ortho intramolecular Hbond substituents is 3. The Kier molecular flexibility index (Phi) is 4.40. The molecular formula is C15H14N2O4. The van der Waals surface area contributed by atoms with E-state index in [1.165, 1.54) is 6.21 Å². The summed E-state index contributed by atoms with van der Waals surface area (Å²) in [5.41, 5.74) is 3.31. The maximum absolute atomic E-state index is 11.7. The van der Waals surface area contributed by atoms with Crippen LogP contribution in [0.5, 0.6) is 17.2 Å². The number of rotatable bonds is 4. The summed E-state index contributed by atoms with van der Waals surface area (Å²) >= 11 is 0. The monoisotopic (exact) mass is 286 g/mol. The fraction of sp³-hybridized carbons (Fsp3) is 0.0667. The molecule has 6 nitrogen and oxygen atoms in total. The van der Waals surface area contributed by atoms with Crippen LogP contribution in [-0.4, -0.2) is 27.4 Å². The number of nitrogens with zero attached hydrogens (tertiary/aromatic N) is 1. The minimum atomic E-state index is -0.667. The summed E-state index contributed by atoms with van der Waals surface area (Å²) in [5.74, 6) is -2.43. The van der Waals surface area contributed by atoms with Crippen molar-refractivity contribution in [1.29, 1.82) is 0 Å². The lowest BCUT2D eigenvalue weighted by Gasteiger charge is -2.04. The Hall–Kier alpha value is -3.02. The van der Waals surface area contributed by atoms with Crippen molar-refractivity contribution in [3.8, 4) is 17.2 Å². The first-order chi connectivity index (χ1) is 10.1. The first-order valence-corrected chi connectivity index (χ1v) is 6.18. The number of carbonyl (C=O) groups excluding carboxylic acids is 1. The van der Waals surface area contributed by atoms with Crippen LogP contribution in [0.4, 0.5) is 0 Å². The molecule has 0 fully saturated rings. The fourth-order valence-electron chi connectivity index (χ4n) is 1.67. The van der Waals surface area contributed by atoms with Crippen LogP contribution in [0, 0.1) is 0 Å². The van der Waals surface area contributed by atoms with Gasteiger partial charge in [0.05, 0.1) is 0 Å². The van der Waals surface area contributed by atoms with Gasteiger partial charge in [0.2, 0.25) is 0 Å². The Labute approximate surface area is 121 Å². The van der Waals surface area contributed by atoms with Crippen molar-refractivity contribution in [3.63, 3.8) is 0 Å². The molecule has 0 aliphatic carbocycles. The zero-order valence-corrected chi connectivity index (χ0v) is 11.0. The third kappa shape index (κ3) is 3.73. The van der Waals surface area contributed by atoms with E-state index in [1.807, 2.05) is 30.3 Å². The van der Waals surface area contributed by atoms with Gasteiger partial charge in [-0.15, -0.1) is 0 Å². The molecule has 0 saturated heterocycles. The summed E-state index contributed by atoms with van der Waals surface area (Å²) in [4.78, 5) is 11.7. The molecule has 6 heteroatoms. The molecule has 2 rings (SSSR count). The van der Waals surface area contributed by atoms with Crippen molar-refractivity contribution in [2.24, 2.45) is 5.10 Å². The number of hydrogen-bond donors (Lipinski definition) is 4. The van der Waals surface area contributed by atoms with Crippen LogP contribution in [-0.2, 0) is 6.42 Å². The predicted molar refractivity (Wildman–Crippen MR) is 77.5 cm³/mol. The Morgan fingerprint density at radius 3 is 2.33 bits per heavy atom. The van der Waals surface area contributed by atoms with Gasteiger partial charge in [0.1, 0.15) is 0 Å². The first-order valence-electron chi connectivity index (χ1n) is 6.18. The summed E-state index contributed by atoms with van der Waals surface area (Å²) in [6, 6.07) is 11.7. The molecule has 0 bridgehead atoms. The largest absolute Gasteiger partial charge is 0.504 e. The summed E-state index contributed by atoms with van der Waals surface area (Å²) in [6.07, 6.45) is 2.10. The highest BCUT2D eigenvalue weighted by Crippen LogP contribution is 2.35. The van der Waals surface area contributed by atoms with Crippen LogP contribution in [0.3, 0.4) is 0 Å². The van der Waals surface area contributed by atoms with Gasteiger partial charge in [-0.2, -0.15) is 5.10 Å². The summed E-state index contributed by atoms with van der Waals surface area (Å²) in [6.45, 7) is 0. The van der Waals surface area contributed by atoms with Crippen LogP contribution >= 0.6 is 0 Å². The van der Waals surface area contributed by atoms with Gasteiger partial charge in [0.15, 0.2) is 17.2 Å². The van der Waals surface area contributed by atoms with E-state index >= 15 is 0 Å². The van der Waals surface area contributed by atoms with Gasteiger partial charge in [0.25, 0.3) is 5.91 Å². The van der Waals surface area contributed by atoms with E-state index in [4.69, 9.17) is 0 Å². The van der Waals surface area contributed by atoms with Gasteiger partial charge in [-0.1, -0.05) is 30.3 Å². The molecule has 0 radical (unpaired) electrons. The van der Waals surface area contributed by atoms with Crippen LogP contribution in [0.25, 0.3) is 0 Å². The Morgan fingerprint density at radius 1 is 1.10 bits per heavy atom. The normalized spacial score (nSPS) is 10.7. The maximum atomic E-state index is 11.7.